The quantitative estimate of drug-likeness (QED) is 0.161. The second kappa shape index (κ2) is 14.5. The molecule has 0 atom stereocenters. The molecule has 0 radical (unpaired) electrons. The summed E-state index contributed by atoms with van der Waals surface area (Å²) in [4.78, 5) is 2.44. The molecule has 5 fully saturated rings. The first-order chi connectivity index (χ1) is 32.1. The largest absolute Gasteiger partial charge is 0.310 e. The van der Waals surface area contributed by atoms with Crippen LogP contribution in [-0.2, 0) is 10.8 Å². The maximum Gasteiger partial charge on any atom is 0.0467 e. The molecule has 0 unspecified atom stereocenters. The summed E-state index contributed by atoms with van der Waals surface area (Å²) in [5.74, 6) is 3.40. The normalized spacial score (nSPS) is 23.6. The number of anilines is 3. The lowest BCUT2D eigenvalue weighted by molar-refractivity contribution is -0.0399. The third-order valence-corrected chi connectivity index (χ3v) is 17.7. The van der Waals surface area contributed by atoms with Crippen molar-refractivity contribution in [2.45, 2.75) is 75.0 Å². The van der Waals surface area contributed by atoms with Crippen molar-refractivity contribution in [1.29, 1.82) is 0 Å². The van der Waals surface area contributed by atoms with Crippen molar-refractivity contribution in [2.24, 2.45) is 23.7 Å². The lowest BCUT2D eigenvalue weighted by Gasteiger charge is -2.61. The summed E-state index contributed by atoms with van der Waals surface area (Å²) in [5.41, 5.74) is 23.6. The zero-order valence-corrected chi connectivity index (χ0v) is 37.2. The van der Waals surface area contributed by atoms with Crippen LogP contribution in [0.1, 0.15) is 86.5 Å². The molecule has 15 rings (SSSR count). The van der Waals surface area contributed by atoms with Gasteiger partial charge in [-0.05, 0) is 195 Å². The Bertz CT molecular complexity index is 3100. The van der Waals surface area contributed by atoms with E-state index in [0.717, 1.165) is 40.7 Å². The molecule has 5 saturated carbocycles. The predicted octanol–water partition coefficient (Wildman–Crippen LogP) is 17.1. The fourth-order valence-corrected chi connectivity index (χ4v) is 15.2. The van der Waals surface area contributed by atoms with Gasteiger partial charge in [0.1, 0.15) is 0 Å². The van der Waals surface area contributed by atoms with Gasteiger partial charge in [-0.2, -0.15) is 0 Å². The summed E-state index contributed by atoms with van der Waals surface area (Å²) < 4.78 is 0. The van der Waals surface area contributed by atoms with E-state index < -0.39 is 0 Å². The highest BCUT2D eigenvalue weighted by atomic mass is 15.1. The molecule has 2 spiro atoms. The van der Waals surface area contributed by atoms with E-state index in [9.17, 15) is 0 Å². The Morgan fingerprint density at radius 2 is 0.800 bits per heavy atom. The predicted molar refractivity (Wildman–Crippen MR) is 270 cm³/mol. The number of nitrogens with zero attached hydrogens (tertiary/aromatic N) is 1. The molecule has 1 heteroatoms. The molecule has 7 aliphatic rings. The van der Waals surface area contributed by atoms with Gasteiger partial charge in [-0.1, -0.05) is 159 Å². The van der Waals surface area contributed by atoms with E-state index >= 15 is 0 Å². The van der Waals surface area contributed by atoms with Crippen LogP contribution in [0.15, 0.2) is 188 Å². The topological polar surface area (TPSA) is 3.24 Å². The second-order valence-electron chi connectivity index (χ2n) is 20.8. The fraction of sp³-hybridized carbons (Fsp3) is 0.250. The van der Waals surface area contributed by atoms with Crippen molar-refractivity contribution >= 4 is 17.1 Å². The first-order valence-electron chi connectivity index (χ1n) is 24.8. The Labute approximate surface area is 384 Å². The van der Waals surface area contributed by atoms with E-state index in [1.807, 2.05) is 0 Å². The summed E-state index contributed by atoms with van der Waals surface area (Å²) in [6.45, 7) is 0. The van der Waals surface area contributed by atoms with E-state index in [2.05, 4.69) is 193 Å². The Balaban J connectivity index is 0.835. The van der Waals surface area contributed by atoms with Gasteiger partial charge in [-0.3, -0.25) is 0 Å². The molecule has 0 heterocycles. The van der Waals surface area contributed by atoms with Crippen molar-refractivity contribution in [1.82, 2.24) is 0 Å². The summed E-state index contributed by atoms with van der Waals surface area (Å²) in [6, 6.07) is 72.1. The molecule has 4 bridgehead atoms. The van der Waals surface area contributed by atoms with Crippen LogP contribution in [0.4, 0.5) is 17.1 Å². The van der Waals surface area contributed by atoms with Gasteiger partial charge in [0, 0.05) is 27.9 Å². The van der Waals surface area contributed by atoms with E-state index in [1.54, 1.807) is 22.3 Å². The third kappa shape index (κ3) is 5.64. The molecule has 316 valence electrons. The number of hydrogen-bond acceptors (Lipinski definition) is 1. The van der Waals surface area contributed by atoms with Gasteiger partial charge in [0.2, 0.25) is 0 Å². The van der Waals surface area contributed by atoms with E-state index in [4.69, 9.17) is 0 Å². The average molecular weight is 838 g/mol. The lowest BCUT2D eigenvalue weighted by Crippen LogP contribution is -2.55. The Hall–Kier alpha value is -6.44. The minimum Gasteiger partial charge on any atom is -0.310 e. The van der Waals surface area contributed by atoms with Crippen molar-refractivity contribution in [3.05, 3.63) is 210 Å². The first kappa shape index (κ1) is 37.9. The van der Waals surface area contributed by atoms with Crippen molar-refractivity contribution < 1.29 is 0 Å². The molecule has 8 aromatic carbocycles. The zero-order valence-electron chi connectivity index (χ0n) is 37.2. The van der Waals surface area contributed by atoms with Crippen molar-refractivity contribution in [3.63, 3.8) is 0 Å². The molecule has 8 aromatic rings. The highest BCUT2D eigenvalue weighted by molar-refractivity contribution is 5.88. The minimum absolute atomic E-state index is 0.147. The SMILES string of the molecule is c1ccc(-c2cccc(N(c3ccc(-c4ccc5c(c4)C4(CCCCC4)c4ccccc4-5)cc3)c3ccc(-c4ccc5c(c4)C4(c6ccccc6-5)C5CC6CC(C5)CC4C6)cc3)c2)cc1. The summed E-state index contributed by atoms with van der Waals surface area (Å²) >= 11 is 0. The van der Waals surface area contributed by atoms with E-state index in [0.29, 0.717) is 0 Å². The van der Waals surface area contributed by atoms with Gasteiger partial charge in [-0.25, -0.2) is 0 Å². The van der Waals surface area contributed by atoms with Gasteiger partial charge >= 0.3 is 0 Å². The number of hydrogen-bond donors (Lipinski definition) is 0. The van der Waals surface area contributed by atoms with Gasteiger partial charge in [0.15, 0.2) is 0 Å². The number of fused-ring (bicyclic) bond motifs is 8. The molecule has 0 saturated heterocycles. The highest BCUT2D eigenvalue weighted by Crippen LogP contribution is 2.69. The standard InChI is InChI=1S/C64H55N/c1-3-12-44(13-4-1)47-14-11-15-54(39-47)65(52-26-20-45(21-27-52)48-24-30-57-55-16-5-7-18-59(55)63(61(57)40-48)32-9-2-10-33-63)53-28-22-46(23-29-53)49-25-31-58-56-17-6-8-19-60(56)64(62(58)41-49)50-35-42-34-43(37-50)38-51(64)36-42/h1,3-8,11-31,39-43,50-51H,2,9-10,32-38H2. The monoisotopic (exact) mass is 837 g/mol. The molecular formula is C64H55N. The first-order valence-corrected chi connectivity index (χ1v) is 24.8. The van der Waals surface area contributed by atoms with Crippen LogP contribution in [0.3, 0.4) is 0 Å². The summed E-state index contributed by atoms with van der Waals surface area (Å²) in [5, 5.41) is 0. The zero-order chi connectivity index (χ0) is 42.7. The van der Waals surface area contributed by atoms with Crippen LogP contribution in [0.2, 0.25) is 0 Å². The molecule has 1 nitrogen and oxygen atoms in total. The van der Waals surface area contributed by atoms with Crippen LogP contribution in [0.5, 0.6) is 0 Å². The van der Waals surface area contributed by atoms with Gasteiger partial charge in [0.05, 0.1) is 0 Å². The molecule has 0 aliphatic heterocycles. The minimum atomic E-state index is 0.147. The van der Waals surface area contributed by atoms with Crippen LogP contribution >= 0.6 is 0 Å². The second-order valence-corrected chi connectivity index (χ2v) is 20.8. The highest BCUT2D eigenvalue weighted by Gasteiger charge is 2.61. The van der Waals surface area contributed by atoms with Crippen LogP contribution in [0, 0.1) is 23.7 Å². The van der Waals surface area contributed by atoms with E-state index in [-0.39, 0.29) is 10.8 Å². The average Bonchev–Trinajstić information content (AvgIpc) is 3.80. The molecule has 0 N–H and O–H groups in total. The molecular weight excluding hydrogens is 783 g/mol. The Kier molecular flexibility index (Phi) is 8.47. The third-order valence-electron chi connectivity index (χ3n) is 17.7. The van der Waals surface area contributed by atoms with Crippen molar-refractivity contribution in [2.75, 3.05) is 4.90 Å². The maximum absolute atomic E-state index is 2.63. The lowest BCUT2D eigenvalue weighted by atomic mass is 9.43. The van der Waals surface area contributed by atoms with Gasteiger partial charge < -0.3 is 4.90 Å². The van der Waals surface area contributed by atoms with Gasteiger partial charge in [-0.15, -0.1) is 0 Å². The molecule has 65 heavy (non-hydrogen) atoms. The maximum atomic E-state index is 2.63. The molecule has 0 amide bonds. The van der Waals surface area contributed by atoms with Crippen molar-refractivity contribution in [3.8, 4) is 55.6 Å². The van der Waals surface area contributed by atoms with Gasteiger partial charge in [0.25, 0.3) is 0 Å². The number of rotatable bonds is 6. The van der Waals surface area contributed by atoms with E-state index in [1.165, 1.54) is 120 Å². The number of benzene rings is 8. The Morgan fingerprint density at radius 3 is 1.45 bits per heavy atom. The smallest absolute Gasteiger partial charge is 0.0467 e. The summed E-state index contributed by atoms with van der Waals surface area (Å²) in [6.07, 6.45) is 13.6. The fourth-order valence-electron chi connectivity index (χ4n) is 15.2. The Morgan fingerprint density at radius 1 is 0.323 bits per heavy atom. The van der Waals surface area contributed by atoms with Crippen LogP contribution < -0.4 is 4.90 Å². The van der Waals surface area contributed by atoms with Crippen LogP contribution in [0.25, 0.3) is 55.6 Å². The molecule has 7 aliphatic carbocycles. The molecule has 0 aromatic heterocycles. The van der Waals surface area contributed by atoms with Crippen LogP contribution in [-0.4, -0.2) is 0 Å². The summed E-state index contributed by atoms with van der Waals surface area (Å²) in [7, 11) is 0.